The summed E-state index contributed by atoms with van der Waals surface area (Å²) in [6, 6.07) is 2.63. The predicted molar refractivity (Wildman–Crippen MR) is 103 cm³/mol. The van der Waals surface area contributed by atoms with E-state index in [0.717, 1.165) is 24.2 Å². The van der Waals surface area contributed by atoms with Crippen molar-refractivity contribution in [2.24, 2.45) is 0 Å². The molecule has 27 heavy (non-hydrogen) atoms. The van der Waals surface area contributed by atoms with Crippen LogP contribution in [-0.2, 0) is 6.54 Å². The molecule has 3 rings (SSSR count). The van der Waals surface area contributed by atoms with E-state index in [1.807, 2.05) is 6.26 Å². The van der Waals surface area contributed by atoms with E-state index in [0.29, 0.717) is 23.9 Å². The zero-order chi connectivity index (χ0) is 19.2. The topological polar surface area (TPSA) is 130 Å². The van der Waals surface area contributed by atoms with E-state index in [4.69, 9.17) is 0 Å². The summed E-state index contributed by atoms with van der Waals surface area (Å²) in [7, 11) is 0. The zero-order valence-electron chi connectivity index (χ0n) is 15.0. The molecule has 0 unspecified atom stereocenters. The van der Waals surface area contributed by atoms with Crippen molar-refractivity contribution in [1.29, 1.82) is 0 Å². The first-order valence-corrected chi connectivity index (χ1v) is 9.70. The quantitative estimate of drug-likeness (QED) is 0.383. The first kappa shape index (κ1) is 18.8. The van der Waals surface area contributed by atoms with Crippen molar-refractivity contribution < 1.29 is 4.79 Å². The number of rotatable bonds is 8. The Kier molecular flexibility index (Phi) is 6.01. The van der Waals surface area contributed by atoms with Gasteiger partial charge in [-0.15, -0.1) is 0 Å². The van der Waals surface area contributed by atoms with Crippen molar-refractivity contribution in [1.82, 2.24) is 35.3 Å². The summed E-state index contributed by atoms with van der Waals surface area (Å²) < 4.78 is 1.73. The molecule has 3 aromatic heterocycles. The number of anilines is 1. The number of thioether (sulfide) groups is 1. The van der Waals surface area contributed by atoms with Crippen molar-refractivity contribution in [3.63, 3.8) is 0 Å². The van der Waals surface area contributed by atoms with E-state index < -0.39 is 0 Å². The minimum absolute atomic E-state index is 0.151. The monoisotopic (exact) mass is 388 g/mol. The lowest BCUT2D eigenvalue weighted by Gasteiger charge is -2.08. The summed E-state index contributed by atoms with van der Waals surface area (Å²) in [4.78, 5) is 32.1. The second kappa shape index (κ2) is 8.62. The van der Waals surface area contributed by atoms with Crippen LogP contribution in [0.5, 0.6) is 0 Å². The van der Waals surface area contributed by atoms with Crippen LogP contribution in [0, 0.1) is 0 Å². The normalized spacial score (nSPS) is 10.9. The Bertz CT molecular complexity index is 979. The average molecular weight is 388 g/mol. The summed E-state index contributed by atoms with van der Waals surface area (Å²) in [6.45, 7) is 3.68. The van der Waals surface area contributed by atoms with Crippen LogP contribution in [0.4, 0.5) is 5.82 Å². The molecule has 0 fully saturated rings. The van der Waals surface area contributed by atoms with Crippen molar-refractivity contribution in [2.45, 2.75) is 25.0 Å². The highest BCUT2D eigenvalue weighted by Gasteiger charge is 2.13. The van der Waals surface area contributed by atoms with E-state index in [9.17, 15) is 9.59 Å². The number of amides is 1. The highest BCUT2D eigenvalue weighted by Crippen LogP contribution is 2.23. The number of hydrogen-bond donors (Lipinski definition) is 3. The molecule has 0 aliphatic heterocycles. The molecule has 0 aromatic carbocycles. The van der Waals surface area contributed by atoms with Crippen LogP contribution < -0.4 is 16.2 Å². The minimum Gasteiger partial charge on any atom is -0.369 e. The van der Waals surface area contributed by atoms with Gasteiger partial charge in [-0.2, -0.15) is 10.2 Å². The van der Waals surface area contributed by atoms with Crippen molar-refractivity contribution in [3.05, 3.63) is 34.4 Å². The van der Waals surface area contributed by atoms with E-state index in [2.05, 4.69) is 42.8 Å². The number of aromatic nitrogens is 6. The maximum atomic E-state index is 12.1. The Hall–Kier alpha value is -2.95. The SMILES string of the molecule is CCCNc1nc(SC)nc2c1cnn2CCNC(=O)c1ccc(=O)[nH]n1. The van der Waals surface area contributed by atoms with Crippen molar-refractivity contribution in [2.75, 3.05) is 24.7 Å². The molecule has 0 saturated carbocycles. The molecule has 0 atom stereocenters. The van der Waals surface area contributed by atoms with Gasteiger partial charge in [0.25, 0.3) is 11.5 Å². The van der Waals surface area contributed by atoms with Gasteiger partial charge >= 0.3 is 0 Å². The molecule has 0 aliphatic rings. The van der Waals surface area contributed by atoms with Crippen LogP contribution in [0.1, 0.15) is 23.8 Å². The summed E-state index contributed by atoms with van der Waals surface area (Å²) in [5.74, 6) is 0.395. The lowest BCUT2D eigenvalue weighted by Crippen LogP contribution is -2.29. The molecule has 142 valence electrons. The number of fused-ring (bicyclic) bond motifs is 1. The fourth-order valence-electron chi connectivity index (χ4n) is 2.41. The lowest BCUT2D eigenvalue weighted by atomic mass is 10.3. The van der Waals surface area contributed by atoms with Gasteiger partial charge < -0.3 is 10.6 Å². The minimum atomic E-state index is -0.368. The maximum absolute atomic E-state index is 12.1. The van der Waals surface area contributed by atoms with Crippen LogP contribution in [0.3, 0.4) is 0 Å². The number of aromatic amines is 1. The van der Waals surface area contributed by atoms with Gasteiger partial charge in [-0.25, -0.2) is 19.7 Å². The molecule has 0 spiro atoms. The van der Waals surface area contributed by atoms with Crippen LogP contribution in [-0.4, -0.2) is 55.2 Å². The third-order valence-electron chi connectivity index (χ3n) is 3.72. The molecule has 0 aliphatic carbocycles. The Morgan fingerprint density at radius 1 is 1.30 bits per heavy atom. The van der Waals surface area contributed by atoms with Gasteiger partial charge in [0.2, 0.25) is 0 Å². The first-order valence-electron chi connectivity index (χ1n) is 8.47. The fourth-order valence-corrected chi connectivity index (χ4v) is 2.77. The largest absolute Gasteiger partial charge is 0.369 e. The van der Waals surface area contributed by atoms with E-state index >= 15 is 0 Å². The molecular weight excluding hydrogens is 368 g/mol. The van der Waals surface area contributed by atoms with Crippen LogP contribution in [0.15, 0.2) is 28.3 Å². The Morgan fingerprint density at radius 2 is 2.15 bits per heavy atom. The second-order valence-electron chi connectivity index (χ2n) is 5.65. The second-order valence-corrected chi connectivity index (χ2v) is 6.43. The number of hydrogen-bond acceptors (Lipinski definition) is 8. The Morgan fingerprint density at radius 3 is 2.85 bits per heavy atom. The third kappa shape index (κ3) is 4.42. The maximum Gasteiger partial charge on any atom is 0.271 e. The number of carbonyl (C=O) groups excluding carboxylic acids is 1. The Labute approximate surface area is 159 Å². The number of nitrogens with one attached hydrogen (secondary N) is 3. The smallest absolute Gasteiger partial charge is 0.271 e. The van der Waals surface area contributed by atoms with Gasteiger partial charge in [0.1, 0.15) is 11.5 Å². The first-order chi connectivity index (χ1) is 13.1. The van der Waals surface area contributed by atoms with E-state index in [-0.39, 0.29) is 17.2 Å². The van der Waals surface area contributed by atoms with Gasteiger partial charge in [-0.05, 0) is 18.7 Å². The highest BCUT2D eigenvalue weighted by molar-refractivity contribution is 7.98. The standard InChI is InChI=1S/C16H20N8O2S/c1-3-6-17-13-10-9-19-24(14(10)21-16(20-13)27-2)8-7-18-15(26)11-4-5-12(25)23-22-11/h4-5,9H,3,6-8H2,1-2H3,(H,18,26)(H,23,25)(H,17,20,21). The van der Waals surface area contributed by atoms with Crippen molar-refractivity contribution in [3.8, 4) is 0 Å². The van der Waals surface area contributed by atoms with Crippen molar-refractivity contribution >= 4 is 34.5 Å². The van der Waals surface area contributed by atoms with Crippen LogP contribution in [0.25, 0.3) is 11.0 Å². The average Bonchev–Trinajstić information content (AvgIpc) is 3.09. The fraction of sp³-hybridized carbons (Fsp3) is 0.375. The molecule has 11 heteroatoms. The van der Waals surface area contributed by atoms with Gasteiger partial charge in [-0.3, -0.25) is 9.59 Å². The zero-order valence-corrected chi connectivity index (χ0v) is 15.8. The van der Waals surface area contributed by atoms with Gasteiger partial charge in [0.05, 0.1) is 18.1 Å². The predicted octanol–water partition coefficient (Wildman–Crippen LogP) is 0.883. The molecule has 1 amide bonds. The molecular formula is C16H20N8O2S. The van der Waals surface area contributed by atoms with Crippen LogP contribution >= 0.6 is 11.8 Å². The Balaban J connectivity index is 1.72. The summed E-state index contributed by atoms with van der Waals surface area (Å²) in [5, 5.41) is 17.9. The molecule has 0 bridgehead atoms. The molecule has 3 heterocycles. The van der Waals surface area contributed by atoms with Gasteiger partial charge in [0.15, 0.2) is 10.8 Å². The number of carbonyl (C=O) groups is 1. The molecule has 3 N–H and O–H groups in total. The molecule has 0 saturated heterocycles. The molecule has 10 nitrogen and oxygen atoms in total. The molecule has 0 radical (unpaired) electrons. The number of H-pyrrole nitrogens is 1. The van der Waals surface area contributed by atoms with E-state index in [1.165, 1.54) is 23.9 Å². The van der Waals surface area contributed by atoms with Gasteiger partial charge in [-0.1, -0.05) is 18.7 Å². The van der Waals surface area contributed by atoms with Gasteiger partial charge in [0, 0.05) is 19.2 Å². The summed E-state index contributed by atoms with van der Waals surface area (Å²) in [5.41, 5.74) is 0.508. The number of nitrogens with zero attached hydrogens (tertiary/aromatic N) is 5. The van der Waals surface area contributed by atoms with E-state index in [1.54, 1.807) is 10.9 Å². The summed E-state index contributed by atoms with van der Waals surface area (Å²) >= 11 is 1.46. The lowest BCUT2D eigenvalue weighted by molar-refractivity contribution is 0.0946. The van der Waals surface area contributed by atoms with Crippen LogP contribution in [0.2, 0.25) is 0 Å². The third-order valence-corrected chi connectivity index (χ3v) is 4.27. The summed E-state index contributed by atoms with van der Waals surface area (Å²) in [6.07, 6.45) is 4.63. The molecule has 3 aromatic rings. The highest BCUT2D eigenvalue weighted by atomic mass is 32.2.